The van der Waals surface area contributed by atoms with Gasteiger partial charge < -0.3 is 20.3 Å². The van der Waals surface area contributed by atoms with E-state index < -0.39 is 0 Å². The standard InChI is InChI=1S/C19H30ClN3O2.C7H6ClF/c1-4-16(13-22(2)3)25-18-11-15(20)5-6-17(18)14-7-9-23(10-8-14)19(24)12-21;1-5-2-3-6(8)4-7(5)9/h5-6,11,14,16H,4,7-10,12-13,21H2,1-3H3;2-4H,1H3. The molecule has 1 unspecified atom stereocenters. The third-order valence-corrected chi connectivity index (χ3v) is 6.36. The topological polar surface area (TPSA) is 58.8 Å². The summed E-state index contributed by atoms with van der Waals surface area (Å²) in [6.45, 7) is 6.28. The Balaban J connectivity index is 0.000000379. The molecule has 2 aromatic rings. The molecule has 0 spiro atoms. The lowest BCUT2D eigenvalue weighted by Gasteiger charge is -2.33. The van der Waals surface area contributed by atoms with Crippen LogP contribution in [0.15, 0.2) is 36.4 Å². The quantitative estimate of drug-likeness (QED) is 0.532. The number of carbonyl (C=O) groups is 1. The van der Waals surface area contributed by atoms with Gasteiger partial charge in [0.2, 0.25) is 5.91 Å². The minimum absolute atomic E-state index is 0.0306. The number of benzene rings is 2. The molecule has 0 aromatic heterocycles. The Morgan fingerprint density at radius 2 is 1.79 bits per heavy atom. The monoisotopic (exact) mass is 511 g/mol. The van der Waals surface area contributed by atoms with Crippen LogP contribution in [0.1, 0.15) is 43.2 Å². The molecule has 1 heterocycles. The Labute approximate surface area is 213 Å². The normalized spacial score (nSPS) is 15.0. The van der Waals surface area contributed by atoms with Gasteiger partial charge >= 0.3 is 0 Å². The zero-order valence-corrected chi connectivity index (χ0v) is 22.0. The third kappa shape index (κ3) is 8.73. The molecule has 0 radical (unpaired) electrons. The SMILES string of the molecule is CCC(CN(C)C)Oc1cc(Cl)ccc1C1CCN(C(=O)CN)CC1.Cc1ccc(Cl)cc1F. The van der Waals surface area contributed by atoms with Crippen molar-refractivity contribution in [2.75, 3.05) is 40.3 Å². The van der Waals surface area contributed by atoms with Crippen LogP contribution in [0.5, 0.6) is 5.75 Å². The number of hydrogen-bond acceptors (Lipinski definition) is 4. The second kappa shape index (κ2) is 13.9. The molecule has 1 amide bonds. The van der Waals surface area contributed by atoms with Crippen molar-refractivity contribution < 1.29 is 13.9 Å². The molecular weight excluding hydrogens is 476 g/mol. The van der Waals surface area contributed by atoms with E-state index in [-0.39, 0.29) is 24.4 Å². The van der Waals surface area contributed by atoms with Crippen molar-refractivity contribution in [3.63, 3.8) is 0 Å². The summed E-state index contributed by atoms with van der Waals surface area (Å²) in [6, 6.07) is 10.5. The molecule has 188 valence electrons. The van der Waals surface area contributed by atoms with Crippen molar-refractivity contribution in [1.82, 2.24) is 9.80 Å². The average molecular weight is 512 g/mol. The number of likely N-dealkylation sites (N-methyl/N-ethyl adjacent to an activating group) is 1. The number of amides is 1. The average Bonchev–Trinajstić information content (AvgIpc) is 2.81. The number of nitrogens with zero attached hydrogens (tertiary/aromatic N) is 2. The highest BCUT2D eigenvalue weighted by atomic mass is 35.5. The van der Waals surface area contributed by atoms with Gasteiger partial charge in [-0.3, -0.25) is 4.79 Å². The van der Waals surface area contributed by atoms with Crippen LogP contribution in [0.2, 0.25) is 10.0 Å². The molecule has 1 aliphatic heterocycles. The fourth-order valence-electron chi connectivity index (χ4n) is 3.92. The van der Waals surface area contributed by atoms with Crippen molar-refractivity contribution in [2.24, 2.45) is 5.73 Å². The second-order valence-corrected chi connectivity index (χ2v) is 9.72. The first kappa shape index (κ1) is 28.4. The van der Waals surface area contributed by atoms with Crippen LogP contribution in [0.4, 0.5) is 4.39 Å². The van der Waals surface area contributed by atoms with E-state index in [0.717, 1.165) is 44.6 Å². The molecule has 2 N–H and O–H groups in total. The maximum atomic E-state index is 12.5. The Bertz CT molecular complexity index is 934. The number of rotatable bonds is 7. The van der Waals surface area contributed by atoms with Crippen LogP contribution >= 0.6 is 23.2 Å². The zero-order chi connectivity index (χ0) is 25.3. The van der Waals surface area contributed by atoms with E-state index in [1.165, 1.54) is 11.6 Å². The van der Waals surface area contributed by atoms with E-state index in [0.29, 0.717) is 21.5 Å². The van der Waals surface area contributed by atoms with Crippen molar-refractivity contribution >= 4 is 29.1 Å². The number of nitrogens with two attached hydrogens (primary N) is 1. The fraction of sp³-hybridized carbons (Fsp3) is 0.500. The van der Waals surface area contributed by atoms with E-state index >= 15 is 0 Å². The molecule has 3 rings (SSSR count). The van der Waals surface area contributed by atoms with E-state index in [1.54, 1.807) is 19.1 Å². The lowest BCUT2D eigenvalue weighted by atomic mass is 9.88. The highest BCUT2D eigenvalue weighted by Gasteiger charge is 2.26. The van der Waals surface area contributed by atoms with E-state index in [1.807, 2.05) is 17.0 Å². The number of hydrogen-bond donors (Lipinski definition) is 1. The summed E-state index contributed by atoms with van der Waals surface area (Å²) in [6.07, 6.45) is 2.92. The lowest BCUT2D eigenvalue weighted by Crippen LogP contribution is -2.41. The molecule has 8 heteroatoms. The van der Waals surface area contributed by atoms with Gasteiger partial charge in [0.05, 0.1) is 6.54 Å². The highest BCUT2D eigenvalue weighted by molar-refractivity contribution is 6.30. The minimum atomic E-state index is -0.248. The molecular formula is C26H36Cl2FN3O2. The van der Waals surface area contributed by atoms with Gasteiger partial charge in [0.25, 0.3) is 0 Å². The fourth-order valence-corrected chi connectivity index (χ4v) is 4.24. The Morgan fingerprint density at radius 3 is 2.32 bits per heavy atom. The Morgan fingerprint density at radius 1 is 1.18 bits per heavy atom. The molecule has 5 nitrogen and oxygen atoms in total. The lowest BCUT2D eigenvalue weighted by molar-refractivity contribution is -0.130. The van der Waals surface area contributed by atoms with Crippen LogP contribution in [-0.2, 0) is 4.79 Å². The predicted octanol–water partition coefficient (Wildman–Crippen LogP) is 5.51. The largest absolute Gasteiger partial charge is 0.489 e. The Kier molecular flexibility index (Phi) is 11.6. The first-order valence-corrected chi connectivity index (χ1v) is 12.4. The molecule has 1 atom stereocenters. The minimum Gasteiger partial charge on any atom is -0.489 e. The summed E-state index contributed by atoms with van der Waals surface area (Å²) >= 11 is 11.7. The van der Waals surface area contributed by atoms with Gasteiger partial charge in [-0.15, -0.1) is 0 Å². The van der Waals surface area contributed by atoms with E-state index in [4.69, 9.17) is 33.7 Å². The van der Waals surface area contributed by atoms with Gasteiger partial charge in [-0.1, -0.05) is 42.3 Å². The van der Waals surface area contributed by atoms with Crippen molar-refractivity contribution in [2.45, 2.75) is 45.1 Å². The molecule has 1 fully saturated rings. The maximum absolute atomic E-state index is 12.5. The van der Waals surface area contributed by atoms with Crippen molar-refractivity contribution in [3.05, 3.63) is 63.4 Å². The summed E-state index contributed by atoms with van der Waals surface area (Å²) in [4.78, 5) is 15.8. The number of carbonyl (C=O) groups excluding carboxylic acids is 1. The van der Waals surface area contributed by atoms with Gasteiger partial charge in [-0.05, 0) is 81.6 Å². The van der Waals surface area contributed by atoms with Crippen LogP contribution in [0.25, 0.3) is 0 Å². The molecule has 2 aromatic carbocycles. The summed E-state index contributed by atoms with van der Waals surface area (Å²) < 4.78 is 18.8. The smallest absolute Gasteiger partial charge is 0.236 e. The number of likely N-dealkylation sites (tertiary alicyclic amines) is 1. The first-order chi connectivity index (χ1) is 16.1. The third-order valence-electron chi connectivity index (χ3n) is 5.89. The number of halogens is 3. The van der Waals surface area contributed by atoms with E-state index in [9.17, 15) is 9.18 Å². The second-order valence-electron chi connectivity index (χ2n) is 8.85. The van der Waals surface area contributed by atoms with Crippen LogP contribution in [-0.4, -0.2) is 62.1 Å². The van der Waals surface area contributed by atoms with Crippen molar-refractivity contribution in [3.8, 4) is 5.75 Å². The molecule has 34 heavy (non-hydrogen) atoms. The van der Waals surface area contributed by atoms with Crippen LogP contribution in [0, 0.1) is 12.7 Å². The van der Waals surface area contributed by atoms with Crippen molar-refractivity contribution in [1.29, 1.82) is 0 Å². The summed E-state index contributed by atoms with van der Waals surface area (Å²) in [5.74, 6) is 1.04. The summed E-state index contributed by atoms with van der Waals surface area (Å²) in [5, 5.41) is 1.13. The number of aryl methyl sites for hydroxylation is 1. The molecule has 1 saturated heterocycles. The van der Waals surface area contributed by atoms with E-state index in [2.05, 4.69) is 32.0 Å². The van der Waals surface area contributed by atoms with Crippen LogP contribution in [0.3, 0.4) is 0 Å². The van der Waals surface area contributed by atoms with Gasteiger partial charge in [0.15, 0.2) is 0 Å². The maximum Gasteiger partial charge on any atom is 0.236 e. The zero-order valence-electron chi connectivity index (χ0n) is 20.5. The van der Waals surface area contributed by atoms with Gasteiger partial charge in [0.1, 0.15) is 17.7 Å². The summed E-state index contributed by atoms with van der Waals surface area (Å²) in [5.41, 5.74) is 7.29. The predicted molar refractivity (Wildman–Crippen MR) is 138 cm³/mol. The van der Waals surface area contributed by atoms with Crippen LogP contribution < -0.4 is 10.5 Å². The number of ether oxygens (including phenoxy) is 1. The highest BCUT2D eigenvalue weighted by Crippen LogP contribution is 2.36. The van der Waals surface area contributed by atoms with Gasteiger partial charge in [-0.25, -0.2) is 4.39 Å². The van der Waals surface area contributed by atoms with Gasteiger partial charge in [0, 0.05) is 29.7 Å². The number of piperidine rings is 1. The molecule has 1 aliphatic rings. The first-order valence-electron chi connectivity index (χ1n) is 11.6. The summed E-state index contributed by atoms with van der Waals surface area (Å²) in [7, 11) is 4.10. The Hall–Kier alpha value is -1.86. The molecule has 0 saturated carbocycles. The molecule has 0 bridgehead atoms. The van der Waals surface area contributed by atoms with Gasteiger partial charge in [-0.2, -0.15) is 0 Å². The molecule has 0 aliphatic carbocycles.